The SMILES string of the molecule is COc1ccc2c(O[C@@H]3C[C@@H](C=O)N(C(=O)[C@H](CCCCC/C=C\C4C[C@]4(N)C(=O)O)NC(=O)N[C@H](CN4CCc5ccccc5S4(=O)=O)C(C)(C)C)C3)cc(-c3csc(NC(C)C)n3)nc2c1. The van der Waals surface area contributed by atoms with E-state index in [2.05, 4.69) is 16.0 Å². The molecular weight excluding hydrogens is 909 g/mol. The molecule has 2 aromatic heterocycles. The van der Waals surface area contributed by atoms with Crippen LogP contribution in [0.25, 0.3) is 22.3 Å². The predicted molar refractivity (Wildman–Crippen MR) is 261 cm³/mol. The van der Waals surface area contributed by atoms with Crippen LogP contribution in [-0.4, -0.2) is 119 Å². The minimum absolute atomic E-state index is 0.0212. The van der Waals surface area contributed by atoms with Crippen LogP contribution in [0.15, 0.2) is 71.0 Å². The molecule has 366 valence electrons. The number of hydrogen-bond donors (Lipinski definition) is 5. The largest absolute Gasteiger partial charge is 0.497 e. The van der Waals surface area contributed by atoms with Gasteiger partial charge in [-0.1, -0.05) is 64.0 Å². The van der Waals surface area contributed by atoms with E-state index in [9.17, 15) is 32.7 Å². The van der Waals surface area contributed by atoms with Crippen LogP contribution < -0.4 is 31.2 Å². The van der Waals surface area contributed by atoms with Crippen LogP contribution in [0, 0.1) is 11.3 Å². The summed E-state index contributed by atoms with van der Waals surface area (Å²) in [6, 6.07) is 11.3. The molecule has 1 saturated heterocycles. The zero-order chi connectivity index (χ0) is 49.0. The van der Waals surface area contributed by atoms with Crippen molar-refractivity contribution in [2.24, 2.45) is 17.1 Å². The minimum atomic E-state index is -3.82. The Morgan fingerprint density at radius 2 is 1.84 bits per heavy atom. The number of unbranched alkanes of at least 4 members (excludes halogenated alkanes) is 3. The fourth-order valence-corrected chi connectivity index (χ4v) is 11.3. The Bertz CT molecular complexity index is 2630. The van der Waals surface area contributed by atoms with Crippen molar-refractivity contribution in [3.8, 4) is 22.9 Å². The lowest BCUT2D eigenvalue weighted by atomic mass is 9.86. The number of aliphatic carboxylic acids is 1. The number of thiazole rings is 1. The van der Waals surface area contributed by atoms with Crippen molar-refractivity contribution in [1.29, 1.82) is 0 Å². The van der Waals surface area contributed by atoms with Gasteiger partial charge in [-0.15, -0.1) is 11.3 Å². The standard InChI is InChI=1S/C49H64N8O9S2/c1-30(2)51-47-54-40(29-67-47)39-24-41(36-19-18-34(65-6)23-38(36)52-39)66-35-22-33(28-58)57(26-35)44(59)37(16-11-9-7-8-10-15-32-25-49(32,50)45(60)61)53-46(62)55-43(48(3,4)5)27-56-21-20-31-14-12-13-17-42(31)68(56,63)64/h10,12-15,17-19,23-24,28-30,32-33,35,37,43H,7-9,11,16,20-22,25-27,50H2,1-6H3,(H,51,54)(H,60,61)(H2,53,55,62)/b15-10-/t32?,33-,35+,37-,43+,49+/m0/s1. The lowest BCUT2D eigenvalue weighted by Gasteiger charge is -2.37. The number of likely N-dealkylation sites (tertiary alicyclic amines) is 1. The summed E-state index contributed by atoms with van der Waals surface area (Å²) in [5, 5.41) is 22.0. The molecule has 0 radical (unpaired) electrons. The van der Waals surface area contributed by atoms with Gasteiger partial charge in [0.05, 0.1) is 35.8 Å². The molecule has 2 aromatic carbocycles. The topological polar surface area (TPSA) is 235 Å². The number of nitrogens with zero attached hydrogens (tertiary/aromatic N) is 4. The second kappa shape index (κ2) is 20.9. The van der Waals surface area contributed by atoms with Crippen LogP contribution in [-0.2, 0) is 30.8 Å². The van der Waals surface area contributed by atoms with E-state index in [1.807, 2.05) is 88.5 Å². The molecule has 0 spiro atoms. The Morgan fingerprint density at radius 3 is 2.54 bits per heavy atom. The van der Waals surface area contributed by atoms with Gasteiger partial charge in [-0.05, 0) is 75.1 Å². The molecule has 1 unspecified atom stereocenters. The molecule has 1 aliphatic carbocycles. The van der Waals surface area contributed by atoms with Gasteiger partial charge in [0.25, 0.3) is 0 Å². The number of amides is 3. The van der Waals surface area contributed by atoms with Gasteiger partial charge in [0.1, 0.15) is 41.2 Å². The van der Waals surface area contributed by atoms with Crippen molar-refractivity contribution in [3.63, 3.8) is 0 Å². The first kappa shape index (κ1) is 50.3. The monoisotopic (exact) mass is 972 g/mol. The lowest BCUT2D eigenvalue weighted by Crippen LogP contribution is -2.58. The van der Waals surface area contributed by atoms with E-state index in [0.29, 0.717) is 65.9 Å². The van der Waals surface area contributed by atoms with Crippen molar-refractivity contribution in [1.82, 2.24) is 29.8 Å². The van der Waals surface area contributed by atoms with Gasteiger partial charge < -0.3 is 46.0 Å². The molecule has 0 bridgehead atoms. The maximum Gasteiger partial charge on any atom is 0.324 e. The number of benzene rings is 2. The van der Waals surface area contributed by atoms with Gasteiger partial charge in [0.2, 0.25) is 15.9 Å². The van der Waals surface area contributed by atoms with E-state index in [1.165, 1.54) is 20.5 Å². The van der Waals surface area contributed by atoms with E-state index >= 15 is 0 Å². The molecule has 6 N–H and O–H groups in total. The number of urea groups is 1. The van der Waals surface area contributed by atoms with E-state index in [4.69, 9.17) is 25.2 Å². The number of carboxylic acid groups (broad SMARTS) is 1. The first-order valence-electron chi connectivity index (χ1n) is 23.3. The van der Waals surface area contributed by atoms with Crippen LogP contribution in [0.5, 0.6) is 11.5 Å². The molecule has 4 heterocycles. The quantitative estimate of drug-likeness (QED) is 0.0368. The third kappa shape index (κ3) is 11.6. The molecule has 19 heteroatoms. The van der Waals surface area contributed by atoms with Crippen LogP contribution in [0.2, 0.25) is 0 Å². The number of aldehydes is 1. The van der Waals surface area contributed by atoms with Gasteiger partial charge in [0.15, 0.2) is 5.13 Å². The molecule has 2 aliphatic heterocycles. The fourth-order valence-electron chi connectivity index (χ4n) is 8.76. The summed E-state index contributed by atoms with van der Waals surface area (Å²) in [5.41, 5.74) is 6.74. The lowest BCUT2D eigenvalue weighted by molar-refractivity contribution is -0.140. The van der Waals surface area contributed by atoms with Crippen LogP contribution in [0.3, 0.4) is 0 Å². The van der Waals surface area contributed by atoms with Crippen molar-refractivity contribution >= 4 is 61.6 Å². The second-order valence-electron chi connectivity index (χ2n) is 19.4. The van der Waals surface area contributed by atoms with Crippen molar-refractivity contribution in [2.75, 3.05) is 32.1 Å². The van der Waals surface area contributed by atoms with Gasteiger partial charge in [-0.2, -0.15) is 4.31 Å². The highest BCUT2D eigenvalue weighted by atomic mass is 32.2. The average Bonchev–Trinajstić information content (AvgIpc) is 3.55. The van der Waals surface area contributed by atoms with Crippen molar-refractivity contribution in [2.45, 2.75) is 127 Å². The molecule has 4 aromatic rings. The number of nitrogens with two attached hydrogens (primary N) is 1. The van der Waals surface area contributed by atoms with E-state index in [-0.39, 0.29) is 49.3 Å². The fraction of sp³-hybridized carbons (Fsp3) is 0.510. The minimum Gasteiger partial charge on any atom is -0.497 e. The number of anilines is 1. The number of allylic oxidation sites excluding steroid dienone is 1. The molecule has 68 heavy (non-hydrogen) atoms. The zero-order valence-electron chi connectivity index (χ0n) is 39.6. The van der Waals surface area contributed by atoms with Gasteiger partial charge in [-0.25, -0.2) is 23.2 Å². The normalized spacial score (nSPS) is 22.1. The second-order valence-corrected chi connectivity index (χ2v) is 22.2. The first-order chi connectivity index (χ1) is 32.3. The number of fused-ring (bicyclic) bond motifs is 2. The predicted octanol–water partition coefficient (Wildman–Crippen LogP) is 6.37. The summed E-state index contributed by atoms with van der Waals surface area (Å²) in [6.45, 7) is 10.2. The number of carbonyl (C=O) groups is 4. The first-order valence-corrected chi connectivity index (χ1v) is 25.6. The zero-order valence-corrected chi connectivity index (χ0v) is 41.2. The third-order valence-electron chi connectivity index (χ3n) is 12.9. The Kier molecular flexibility index (Phi) is 15.5. The van der Waals surface area contributed by atoms with Gasteiger partial charge in [-0.3, -0.25) is 9.59 Å². The molecule has 1 saturated carbocycles. The number of nitrogens with one attached hydrogen (secondary N) is 3. The number of hydrogen-bond acceptors (Lipinski definition) is 13. The number of ether oxygens (including phenoxy) is 2. The van der Waals surface area contributed by atoms with Crippen LogP contribution in [0.1, 0.15) is 85.1 Å². The highest BCUT2D eigenvalue weighted by Crippen LogP contribution is 2.42. The highest BCUT2D eigenvalue weighted by molar-refractivity contribution is 7.89. The number of methoxy groups -OCH3 is 1. The molecule has 6 atom stereocenters. The maximum atomic E-state index is 14.7. The summed E-state index contributed by atoms with van der Waals surface area (Å²) in [6.07, 6.45) is 8.03. The Labute approximate surface area is 402 Å². The summed E-state index contributed by atoms with van der Waals surface area (Å²) < 4.78 is 41.1. The summed E-state index contributed by atoms with van der Waals surface area (Å²) in [7, 11) is -2.24. The van der Waals surface area contributed by atoms with E-state index in [1.54, 1.807) is 19.2 Å². The smallest absolute Gasteiger partial charge is 0.324 e. The van der Waals surface area contributed by atoms with E-state index in [0.717, 1.165) is 23.4 Å². The molecule has 7 rings (SSSR count). The summed E-state index contributed by atoms with van der Waals surface area (Å²) >= 11 is 1.47. The van der Waals surface area contributed by atoms with Crippen molar-refractivity contribution in [3.05, 3.63) is 71.6 Å². The van der Waals surface area contributed by atoms with Gasteiger partial charge in [0, 0.05) is 60.4 Å². The number of aromatic nitrogens is 2. The number of rotatable bonds is 20. The number of sulfonamides is 1. The Balaban J connectivity index is 1.08. The molecule has 2 fully saturated rings. The van der Waals surface area contributed by atoms with E-state index < -0.39 is 63.1 Å². The molecule has 3 amide bonds. The number of carboxylic acids is 1. The summed E-state index contributed by atoms with van der Waals surface area (Å²) in [4.78, 5) is 64.3. The van der Waals surface area contributed by atoms with Crippen LogP contribution in [0.4, 0.5) is 9.93 Å². The summed E-state index contributed by atoms with van der Waals surface area (Å²) in [5.74, 6) is -0.540. The maximum absolute atomic E-state index is 14.7. The number of carbonyl (C=O) groups excluding carboxylic acids is 3. The Hall–Kier alpha value is -5.63. The number of pyridine rings is 1. The highest BCUT2D eigenvalue weighted by Gasteiger charge is 2.56. The van der Waals surface area contributed by atoms with Gasteiger partial charge >= 0.3 is 12.0 Å². The molecular formula is C49H64N8O9S2. The van der Waals surface area contributed by atoms with Crippen molar-refractivity contribution < 1.29 is 42.2 Å². The Morgan fingerprint density at radius 1 is 1.06 bits per heavy atom. The molecule has 3 aliphatic rings. The van der Waals surface area contributed by atoms with Crippen LogP contribution >= 0.6 is 11.3 Å². The third-order valence-corrected chi connectivity index (χ3v) is 15.7. The average molecular weight is 973 g/mol. The molecule has 17 nitrogen and oxygen atoms in total.